The minimum absolute atomic E-state index is 0.260. The summed E-state index contributed by atoms with van der Waals surface area (Å²) >= 11 is 3.92. The Bertz CT molecular complexity index is 164. The van der Waals surface area contributed by atoms with E-state index < -0.39 is 0 Å². The quantitative estimate of drug-likeness (QED) is 0.413. The summed E-state index contributed by atoms with van der Waals surface area (Å²) in [5.41, 5.74) is 0.828. The average Bonchev–Trinajstić information content (AvgIpc) is 2.36. The van der Waals surface area contributed by atoms with E-state index in [-0.39, 0.29) is 4.08 Å². The zero-order chi connectivity index (χ0) is 8.32. The van der Waals surface area contributed by atoms with Gasteiger partial charge in [-0.25, -0.2) is 0 Å². The second-order valence-corrected chi connectivity index (χ2v) is 6.30. The lowest BCUT2D eigenvalue weighted by Gasteiger charge is -2.20. The van der Waals surface area contributed by atoms with E-state index in [0.29, 0.717) is 0 Å². The van der Waals surface area contributed by atoms with Gasteiger partial charge in [-0.15, -0.1) is 23.5 Å². The van der Waals surface area contributed by atoms with Crippen molar-refractivity contribution in [3.8, 4) is 0 Å². The van der Waals surface area contributed by atoms with E-state index >= 15 is 0 Å². The molecule has 1 aliphatic rings. The van der Waals surface area contributed by atoms with Gasteiger partial charge in [-0.1, -0.05) is 5.16 Å². The molecule has 11 heavy (non-hydrogen) atoms. The van der Waals surface area contributed by atoms with Crippen LogP contribution in [0.3, 0.4) is 0 Å². The van der Waals surface area contributed by atoms with Crippen LogP contribution in [0.25, 0.3) is 0 Å². The molecule has 4 heteroatoms. The van der Waals surface area contributed by atoms with Crippen molar-refractivity contribution >= 4 is 29.2 Å². The Morgan fingerprint density at radius 1 is 1.55 bits per heavy atom. The number of hydrogen-bond donors (Lipinski definition) is 1. The lowest BCUT2D eigenvalue weighted by molar-refractivity contribution is 0.317. The molecule has 0 amide bonds. The Kier molecular flexibility index (Phi) is 3.13. The normalized spacial score (nSPS) is 24.0. The molecule has 2 nitrogen and oxygen atoms in total. The third-order valence-corrected chi connectivity index (χ3v) is 4.94. The van der Waals surface area contributed by atoms with Gasteiger partial charge < -0.3 is 5.21 Å². The van der Waals surface area contributed by atoms with E-state index in [0.717, 1.165) is 12.1 Å². The molecule has 0 atom stereocenters. The first-order chi connectivity index (χ1) is 5.16. The monoisotopic (exact) mass is 191 g/mol. The fraction of sp³-hybridized carbons (Fsp3) is 0.857. The molecule has 0 aromatic rings. The smallest absolute Gasteiger partial charge is 0.0636 e. The summed E-state index contributed by atoms with van der Waals surface area (Å²) in [5.74, 6) is 2.44. The van der Waals surface area contributed by atoms with Crippen LogP contribution in [-0.2, 0) is 0 Å². The fourth-order valence-electron chi connectivity index (χ4n) is 1.16. The van der Waals surface area contributed by atoms with Crippen LogP contribution in [0.4, 0.5) is 0 Å². The third kappa shape index (κ3) is 2.60. The lowest BCUT2D eigenvalue weighted by atomic mass is 10.2. The first-order valence-electron chi connectivity index (χ1n) is 3.62. The maximum absolute atomic E-state index is 8.48. The summed E-state index contributed by atoms with van der Waals surface area (Å²) < 4.78 is 0.260. The van der Waals surface area contributed by atoms with Crippen LogP contribution in [0.1, 0.15) is 20.3 Å². The van der Waals surface area contributed by atoms with Crippen LogP contribution < -0.4 is 0 Å². The van der Waals surface area contributed by atoms with Crippen LogP contribution in [0.5, 0.6) is 0 Å². The summed E-state index contributed by atoms with van der Waals surface area (Å²) in [6.07, 6.45) is 0.888. The van der Waals surface area contributed by atoms with Gasteiger partial charge in [-0.05, 0) is 13.8 Å². The first-order valence-corrected chi connectivity index (χ1v) is 5.59. The molecule has 0 bridgehead atoms. The van der Waals surface area contributed by atoms with Crippen molar-refractivity contribution in [3.05, 3.63) is 0 Å². The SMILES string of the molecule is C/C(CC1(C)SCCS1)=N\O. The molecule has 0 spiro atoms. The van der Waals surface area contributed by atoms with E-state index in [2.05, 4.69) is 12.1 Å². The highest BCUT2D eigenvalue weighted by molar-refractivity contribution is 8.21. The maximum atomic E-state index is 8.48. The molecular weight excluding hydrogens is 178 g/mol. The number of hydrogen-bond acceptors (Lipinski definition) is 4. The Morgan fingerprint density at radius 3 is 2.55 bits per heavy atom. The van der Waals surface area contributed by atoms with Crippen molar-refractivity contribution in [1.29, 1.82) is 0 Å². The summed E-state index contributed by atoms with van der Waals surface area (Å²) in [7, 11) is 0. The van der Waals surface area contributed by atoms with E-state index in [1.165, 1.54) is 11.5 Å². The van der Waals surface area contributed by atoms with E-state index in [9.17, 15) is 0 Å². The summed E-state index contributed by atoms with van der Waals surface area (Å²) in [6.45, 7) is 4.08. The molecule has 0 aromatic carbocycles. The maximum Gasteiger partial charge on any atom is 0.0636 e. The Balaban J connectivity index is 2.46. The van der Waals surface area contributed by atoms with E-state index in [1.807, 2.05) is 30.4 Å². The van der Waals surface area contributed by atoms with Gasteiger partial charge in [0.2, 0.25) is 0 Å². The number of nitrogens with zero attached hydrogens (tertiary/aromatic N) is 1. The molecule has 64 valence electrons. The van der Waals surface area contributed by atoms with Gasteiger partial charge in [0.15, 0.2) is 0 Å². The summed E-state index contributed by atoms with van der Waals surface area (Å²) in [6, 6.07) is 0. The van der Waals surface area contributed by atoms with Gasteiger partial charge in [0.05, 0.1) is 9.79 Å². The molecule has 0 unspecified atom stereocenters. The molecule has 1 saturated heterocycles. The van der Waals surface area contributed by atoms with Crippen LogP contribution in [-0.4, -0.2) is 26.5 Å². The van der Waals surface area contributed by atoms with Crippen molar-refractivity contribution in [2.75, 3.05) is 11.5 Å². The van der Waals surface area contributed by atoms with Crippen molar-refractivity contribution < 1.29 is 5.21 Å². The van der Waals surface area contributed by atoms with Crippen molar-refractivity contribution in [3.63, 3.8) is 0 Å². The highest BCUT2D eigenvalue weighted by atomic mass is 32.2. The van der Waals surface area contributed by atoms with Crippen molar-refractivity contribution in [2.45, 2.75) is 24.3 Å². The summed E-state index contributed by atoms with van der Waals surface area (Å²) in [5, 5.41) is 11.7. The van der Waals surface area contributed by atoms with Crippen LogP contribution in [0, 0.1) is 0 Å². The highest BCUT2D eigenvalue weighted by Gasteiger charge is 2.30. The molecule has 0 aliphatic carbocycles. The Labute approximate surface area is 75.8 Å². The topological polar surface area (TPSA) is 32.6 Å². The fourth-order valence-corrected chi connectivity index (χ4v) is 4.14. The molecule has 0 aromatic heterocycles. The molecule has 0 saturated carbocycles. The van der Waals surface area contributed by atoms with Gasteiger partial charge in [-0.3, -0.25) is 0 Å². The number of oxime groups is 1. The molecule has 1 fully saturated rings. The zero-order valence-corrected chi connectivity index (χ0v) is 8.47. The van der Waals surface area contributed by atoms with Gasteiger partial charge in [-0.2, -0.15) is 0 Å². The Hall–Kier alpha value is 0.170. The van der Waals surface area contributed by atoms with Crippen molar-refractivity contribution in [1.82, 2.24) is 0 Å². The Morgan fingerprint density at radius 2 is 2.09 bits per heavy atom. The van der Waals surface area contributed by atoms with Crippen molar-refractivity contribution in [2.24, 2.45) is 5.16 Å². The van der Waals surface area contributed by atoms with Crippen LogP contribution >= 0.6 is 23.5 Å². The standard InChI is InChI=1S/C7H13NOS2/c1-6(8-9)5-7(2)10-3-4-11-7/h9H,3-5H2,1-2H3/b8-6+. The van der Waals surface area contributed by atoms with Gasteiger partial charge in [0.1, 0.15) is 0 Å². The minimum atomic E-state index is 0.260. The molecule has 1 aliphatic heterocycles. The molecular formula is C7H13NOS2. The summed E-state index contributed by atoms with van der Waals surface area (Å²) in [4.78, 5) is 0. The minimum Gasteiger partial charge on any atom is -0.411 e. The van der Waals surface area contributed by atoms with Gasteiger partial charge in [0, 0.05) is 17.9 Å². The van der Waals surface area contributed by atoms with Gasteiger partial charge in [0.25, 0.3) is 0 Å². The highest BCUT2D eigenvalue weighted by Crippen LogP contribution is 2.45. The predicted octanol–water partition coefficient (Wildman–Crippen LogP) is 2.42. The van der Waals surface area contributed by atoms with Crippen LogP contribution in [0.15, 0.2) is 5.16 Å². The lowest BCUT2D eigenvalue weighted by Crippen LogP contribution is -2.15. The van der Waals surface area contributed by atoms with Gasteiger partial charge >= 0.3 is 0 Å². The molecule has 0 radical (unpaired) electrons. The number of rotatable bonds is 2. The van der Waals surface area contributed by atoms with E-state index in [4.69, 9.17) is 5.21 Å². The van der Waals surface area contributed by atoms with E-state index in [1.54, 1.807) is 0 Å². The second kappa shape index (κ2) is 3.72. The zero-order valence-electron chi connectivity index (χ0n) is 6.83. The molecule has 1 rings (SSSR count). The third-order valence-electron chi connectivity index (χ3n) is 1.65. The largest absolute Gasteiger partial charge is 0.411 e. The predicted molar refractivity (Wildman–Crippen MR) is 52.8 cm³/mol. The van der Waals surface area contributed by atoms with Crippen LogP contribution in [0.2, 0.25) is 0 Å². The average molecular weight is 191 g/mol. The second-order valence-electron chi connectivity index (χ2n) is 2.84. The molecule has 1 heterocycles. The molecule has 1 N–H and O–H groups in total. The first kappa shape index (κ1) is 9.26. The number of thioether (sulfide) groups is 2.